The summed E-state index contributed by atoms with van der Waals surface area (Å²) in [5, 5.41) is 2.92. The van der Waals surface area contributed by atoms with Crippen molar-refractivity contribution in [1.29, 1.82) is 0 Å². The molecule has 3 aromatic carbocycles. The summed E-state index contributed by atoms with van der Waals surface area (Å²) in [5.74, 6) is -0.00788. The molecule has 1 amide bonds. The van der Waals surface area contributed by atoms with Crippen LogP contribution in [0.2, 0.25) is 0 Å². The fourth-order valence-corrected chi connectivity index (χ4v) is 7.67. The average Bonchev–Trinajstić information content (AvgIpc) is 4.06. The summed E-state index contributed by atoms with van der Waals surface area (Å²) in [6.45, 7) is 0.250. The van der Waals surface area contributed by atoms with Crippen molar-refractivity contribution in [3.05, 3.63) is 168 Å². The standard InChI is InChI=1S/C46H32N6O2/c53-46(54-27-39-37-7-3-1-5-35(37)36-6-2-4-8-38(36)39)52-30-11-9-28(10-12-30)44-40-17-13-31(48-40)25-33-15-19-42(50-33)45(29-21-23-47-24-22-29)43-20-16-34(51-43)26-32-14-18-41(44)49-32/h1-26,39,48,51H,27H2,(H,52,53). The molecule has 54 heavy (non-hydrogen) atoms. The molecule has 7 aromatic rings. The number of nitrogens with zero attached hydrogens (tertiary/aromatic N) is 3. The van der Waals surface area contributed by atoms with Crippen molar-refractivity contribution < 1.29 is 9.53 Å². The summed E-state index contributed by atoms with van der Waals surface area (Å²) in [4.78, 5) is 34.5. The van der Waals surface area contributed by atoms with E-state index in [-0.39, 0.29) is 12.5 Å². The van der Waals surface area contributed by atoms with Crippen LogP contribution in [0, 0.1) is 0 Å². The van der Waals surface area contributed by atoms with E-state index >= 15 is 0 Å². The largest absolute Gasteiger partial charge is 0.448 e. The monoisotopic (exact) mass is 700 g/mol. The van der Waals surface area contributed by atoms with Gasteiger partial charge in [-0.05, 0) is 118 Å². The van der Waals surface area contributed by atoms with E-state index in [9.17, 15) is 4.79 Å². The van der Waals surface area contributed by atoms with Gasteiger partial charge in [0.2, 0.25) is 0 Å². The Morgan fingerprint density at radius 1 is 0.611 bits per heavy atom. The van der Waals surface area contributed by atoms with Gasteiger partial charge in [-0.25, -0.2) is 14.8 Å². The molecule has 3 aliphatic rings. The molecule has 258 valence electrons. The van der Waals surface area contributed by atoms with Crippen LogP contribution in [-0.4, -0.2) is 37.6 Å². The molecule has 2 aliphatic heterocycles. The third-order valence-corrected chi connectivity index (χ3v) is 10.1. The number of nitrogens with one attached hydrogen (secondary N) is 3. The number of benzene rings is 3. The zero-order valence-electron chi connectivity index (χ0n) is 29.0. The summed E-state index contributed by atoms with van der Waals surface area (Å²) in [5.41, 5.74) is 16.4. The number of fused-ring (bicyclic) bond motifs is 11. The second kappa shape index (κ2) is 13.0. The SMILES string of the molecule is O=C(Nc1ccc(-c2c3nc(cc4ccc([nH]4)c(-c4ccncc4)c4nc(cc5ccc2[nH]5)C=C4)C=C3)cc1)OCC1c2ccccc2-c2ccccc21. The van der Waals surface area contributed by atoms with Crippen LogP contribution < -0.4 is 5.32 Å². The maximum atomic E-state index is 13.1. The lowest BCUT2D eigenvalue weighted by Gasteiger charge is -2.14. The Kier molecular flexibility index (Phi) is 7.58. The molecule has 4 aromatic heterocycles. The number of aromatic nitrogens is 5. The third kappa shape index (κ3) is 5.76. The van der Waals surface area contributed by atoms with E-state index in [1.165, 1.54) is 22.3 Å². The Morgan fingerprint density at radius 2 is 1.15 bits per heavy atom. The van der Waals surface area contributed by atoms with Crippen LogP contribution in [0.15, 0.2) is 134 Å². The number of carbonyl (C=O) groups excluding carboxylic acids is 1. The van der Waals surface area contributed by atoms with Gasteiger partial charge in [0.25, 0.3) is 0 Å². The molecule has 0 radical (unpaired) electrons. The molecule has 0 saturated heterocycles. The van der Waals surface area contributed by atoms with E-state index < -0.39 is 6.09 Å². The molecular weight excluding hydrogens is 669 g/mol. The number of carbonyl (C=O) groups is 1. The van der Waals surface area contributed by atoms with Crippen molar-refractivity contribution in [3.8, 4) is 33.4 Å². The maximum Gasteiger partial charge on any atom is 0.411 e. The van der Waals surface area contributed by atoms with Gasteiger partial charge in [-0.3, -0.25) is 10.3 Å². The number of anilines is 1. The highest BCUT2D eigenvalue weighted by Gasteiger charge is 2.29. The highest BCUT2D eigenvalue weighted by atomic mass is 16.5. The number of amides is 1. The smallest absolute Gasteiger partial charge is 0.411 e. The van der Waals surface area contributed by atoms with E-state index in [1.54, 1.807) is 12.4 Å². The highest BCUT2D eigenvalue weighted by molar-refractivity contribution is 5.94. The van der Waals surface area contributed by atoms with E-state index in [2.05, 4.69) is 68.8 Å². The Morgan fingerprint density at radius 3 is 1.72 bits per heavy atom. The van der Waals surface area contributed by atoms with Gasteiger partial charge in [-0.15, -0.1) is 0 Å². The van der Waals surface area contributed by atoms with Gasteiger partial charge < -0.3 is 14.7 Å². The number of ether oxygens (including phenoxy) is 1. The summed E-state index contributed by atoms with van der Waals surface area (Å²) in [6.07, 6.45) is 11.2. The van der Waals surface area contributed by atoms with Gasteiger partial charge >= 0.3 is 6.09 Å². The molecular formula is C46H32N6O2. The molecule has 8 nitrogen and oxygen atoms in total. The Labute approximate surface area is 310 Å². The van der Waals surface area contributed by atoms with Crippen LogP contribution >= 0.6 is 0 Å². The number of rotatable bonds is 5. The Bertz CT molecular complexity index is 2790. The van der Waals surface area contributed by atoms with Crippen LogP contribution in [0.1, 0.15) is 39.8 Å². The van der Waals surface area contributed by atoms with Crippen molar-refractivity contribution in [2.24, 2.45) is 0 Å². The summed E-state index contributed by atoms with van der Waals surface area (Å²) in [7, 11) is 0. The Hall–Kier alpha value is -7.32. The fourth-order valence-electron chi connectivity index (χ4n) is 7.67. The molecule has 0 unspecified atom stereocenters. The third-order valence-electron chi connectivity index (χ3n) is 10.1. The number of pyridine rings is 1. The molecule has 0 fully saturated rings. The lowest BCUT2D eigenvalue weighted by atomic mass is 9.98. The van der Waals surface area contributed by atoms with Gasteiger partial charge in [-0.1, -0.05) is 60.7 Å². The van der Waals surface area contributed by atoms with Crippen LogP contribution in [0.3, 0.4) is 0 Å². The van der Waals surface area contributed by atoms with Gasteiger partial charge in [0.1, 0.15) is 6.61 Å². The number of H-pyrrole nitrogens is 2. The van der Waals surface area contributed by atoms with Crippen LogP contribution in [0.4, 0.5) is 10.5 Å². The molecule has 10 rings (SSSR count). The molecule has 1 aliphatic carbocycles. The van der Waals surface area contributed by atoms with E-state index in [0.717, 1.165) is 67.1 Å². The first-order chi connectivity index (χ1) is 26.6. The minimum atomic E-state index is -0.494. The fraction of sp³-hybridized carbons (Fsp3) is 0.0435. The zero-order chi connectivity index (χ0) is 36.0. The van der Waals surface area contributed by atoms with Crippen LogP contribution in [-0.2, 0) is 4.74 Å². The number of hydrogen-bond acceptors (Lipinski definition) is 5. The first-order valence-electron chi connectivity index (χ1n) is 17.9. The molecule has 8 heteroatoms. The van der Waals surface area contributed by atoms with Crippen molar-refractivity contribution in [2.75, 3.05) is 11.9 Å². The van der Waals surface area contributed by atoms with Crippen LogP contribution in [0.5, 0.6) is 0 Å². The summed E-state index contributed by atoms with van der Waals surface area (Å²) >= 11 is 0. The van der Waals surface area contributed by atoms with Crippen LogP contribution in [0.25, 0.3) is 79.8 Å². The van der Waals surface area contributed by atoms with Gasteiger partial charge in [-0.2, -0.15) is 0 Å². The van der Waals surface area contributed by atoms with Gasteiger partial charge in [0, 0.05) is 57.2 Å². The Balaban J connectivity index is 0.977. The minimum Gasteiger partial charge on any atom is -0.448 e. The first-order valence-corrected chi connectivity index (χ1v) is 17.9. The number of aromatic amines is 2. The highest BCUT2D eigenvalue weighted by Crippen LogP contribution is 2.44. The predicted octanol–water partition coefficient (Wildman–Crippen LogP) is 10.7. The second-order valence-corrected chi connectivity index (χ2v) is 13.5. The van der Waals surface area contributed by atoms with Crippen molar-refractivity contribution in [3.63, 3.8) is 0 Å². The molecule has 6 heterocycles. The molecule has 3 N–H and O–H groups in total. The van der Waals surface area contributed by atoms with Gasteiger partial charge in [0.05, 0.1) is 22.8 Å². The molecule has 8 bridgehead atoms. The summed E-state index contributed by atoms with van der Waals surface area (Å²) in [6, 6.07) is 40.7. The van der Waals surface area contributed by atoms with Crippen molar-refractivity contribution in [1.82, 2.24) is 24.9 Å². The first kappa shape index (κ1) is 31.4. The van der Waals surface area contributed by atoms with E-state index in [1.807, 2.05) is 97.1 Å². The topological polar surface area (TPSA) is 109 Å². The number of hydrogen-bond donors (Lipinski definition) is 3. The average molecular weight is 701 g/mol. The van der Waals surface area contributed by atoms with E-state index in [0.29, 0.717) is 5.69 Å². The quantitative estimate of drug-likeness (QED) is 0.166. The van der Waals surface area contributed by atoms with E-state index in [4.69, 9.17) is 14.7 Å². The lowest BCUT2D eigenvalue weighted by molar-refractivity contribution is 0.158. The zero-order valence-corrected chi connectivity index (χ0v) is 29.0. The van der Waals surface area contributed by atoms with Crippen molar-refractivity contribution >= 4 is 58.2 Å². The normalized spacial score (nSPS) is 12.7. The summed E-state index contributed by atoms with van der Waals surface area (Å²) < 4.78 is 5.80. The molecule has 0 atom stereocenters. The minimum absolute atomic E-state index is 0.00788. The second-order valence-electron chi connectivity index (χ2n) is 13.5. The maximum absolute atomic E-state index is 13.1. The molecule has 0 saturated carbocycles. The predicted molar refractivity (Wildman–Crippen MR) is 216 cm³/mol. The molecule has 0 spiro atoms. The van der Waals surface area contributed by atoms with Gasteiger partial charge in [0.15, 0.2) is 0 Å². The lowest BCUT2D eigenvalue weighted by Crippen LogP contribution is -2.17. The van der Waals surface area contributed by atoms with Crippen molar-refractivity contribution in [2.45, 2.75) is 5.92 Å².